The number of hydrogen-bond acceptors (Lipinski definition) is 3. The number of benzene rings is 1. The minimum Gasteiger partial charge on any atom is -0.387 e. The molecule has 0 amide bonds. The van der Waals surface area contributed by atoms with E-state index in [4.69, 9.17) is 0 Å². The minimum atomic E-state index is -0.488. The molecule has 1 heterocycles. The highest BCUT2D eigenvalue weighted by atomic mass is 79.9. The number of rotatable bonds is 5. The highest BCUT2D eigenvalue weighted by Crippen LogP contribution is 2.20. The lowest BCUT2D eigenvalue weighted by Gasteiger charge is -2.20. The van der Waals surface area contributed by atoms with E-state index < -0.39 is 6.10 Å². The molecule has 2 nitrogen and oxygen atoms in total. The SMILES string of the molecule is CC(NCc1cccs1)C(O)c1ccc(Br)cc1. The van der Waals surface area contributed by atoms with Crippen molar-refractivity contribution in [2.24, 2.45) is 0 Å². The van der Waals surface area contributed by atoms with Gasteiger partial charge in [-0.2, -0.15) is 0 Å². The average Bonchev–Trinajstić information content (AvgIpc) is 2.89. The van der Waals surface area contributed by atoms with Gasteiger partial charge in [0, 0.05) is 21.9 Å². The van der Waals surface area contributed by atoms with E-state index in [1.807, 2.05) is 37.3 Å². The molecular formula is C14H16BrNOS. The molecule has 0 fully saturated rings. The Balaban J connectivity index is 1.91. The van der Waals surface area contributed by atoms with Gasteiger partial charge in [-0.1, -0.05) is 34.1 Å². The summed E-state index contributed by atoms with van der Waals surface area (Å²) < 4.78 is 1.03. The third kappa shape index (κ3) is 3.65. The smallest absolute Gasteiger partial charge is 0.0940 e. The molecule has 0 radical (unpaired) electrons. The molecule has 0 bridgehead atoms. The minimum absolute atomic E-state index is 0.0216. The van der Waals surface area contributed by atoms with Gasteiger partial charge in [0.25, 0.3) is 0 Å². The van der Waals surface area contributed by atoms with Crippen LogP contribution in [-0.4, -0.2) is 11.1 Å². The van der Waals surface area contributed by atoms with Gasteiger partial charge in [0.1, 0.15) is 0 Å². The molecule has 0 aliphatic rings. The second-order valence-corrected chi connectivity index (χ2v) is 6.19. The molecule has 0 saturated heterocycles. The largest absolute Gasteiger partial charge is 0.387 e. The summed E-state index contributed by atoms with van der Waals surface area (Å²) in [5, 5.41) is 15.6. The maximum Gasteiger partial charge on any atom is 0.0940 e. The Hall–Kier alpha value is -0.680. The summed E-state index contributed by atoms with van der Waals surface area (Å²) in [5.41, 5.74) is 0.935. The summed E-state index contributed by atoms with van der Waals surface area (Å²) in [6, 6.07) is 11.9. The van der Waals surface area contributed by atoms with Crippen molar-refractivity contribution in [3.8, 4) is 0 Å². The van der Waals surface area contributed by atoms with E-state index in [9.17, 15) is 5.11 Å². The molecule has 0 aliphatic carbocycles. The van der Waals surface area contributed by atoms with Crippen LogP contribution in [-0.2, 0) is 6.54 Å². The Kier molecular flexibility index (Phi) is 4.95. The lowest BCUT2D eigenvalue weighted by atomic mass is 10.0. The fraction of sp³-hybridized carbons (Fsp3) is 0.286. The van der Waals surface area contributed by atoms with Crippen molar-refractivity contribution in [1.29, 1.82) is 0 Å². The number of thiophene rings is 1. The highest BCUT2D eigenvalue weighted by molar-refractivity contribution is 9.10. The Labute approximate surface area is 120 Å². The van der Waals surface area contributed by atoms with Crippen LogP contribution < -0.4 is 5.32 Å². The molecule has 4 heteroatoms. The van der Waals surface area contributed by atoms with Crippen molar-refractivity contribution >= 4 is 27.3 Å². The first-order valence-corrected chi connectivity index (χ1v) is 7.53. The van der Waals surface area contributed by atoms with Crippen molar-refractivity contribution in [3.05, 3.63) is 56.7 Å². The van der Waals surface area contributed by atoms with E-state index >= 15 is 0 Å². The third-order valence-corrected chi connectivity index (χ3v) is 4.27. The van der Waals surface area contributed by atoms with Crippen molar-refractivity contribution in [3.63, 3.8) is 0 Å². The van der Waals surface area contributed by atoms with Crippen molar-refractivity contribution in [2.75, 3.05) is 0 Å². The average molecular weight is 326 g/mol. The number of nitrogens with one attached hydrogen (secondary N) is 1. The van der Waals surface area contributed by atoms with E-state index in [0.717, 1.165) is 16.6 Å². The number of hydrogen-bond donors (Lipinski definition) is 2. The number of aliphatic hydroxyl groups excluding tert-OH is 1. The molecule has 0 saturated carbocycles. The zero-order valence-corrected chi connectivity index (χ0v) is 12.5. The summed E-state index contributed by atoms with van der Waals surface area (Å²) in [6.45, 7) is 2.80. The first-order chi connectivity index (χ1) is 8.66. The molecule has 2 unspecified atom stereocenters. The maximum absolute atomic E-state index is 10.2. The van der Waals surface area contributed by atoms with Crippen LogP contribution in [0.3, 0.4) is 0 Å². The Morgan fingerprint density at radius 3 is 2.61 bits per heavy atom. The van der Waals surface area contributed by atoms with Gasteiger partial charge in [-0.25, -0.2) is 0 Å². The monoisotopic (exact) mass is 325 g/mol. The quantitative estimate of drug-likeness (QED) is 0.878. The van der Waals surface area contributed by atoms with Crippen LogP contribution in [0.5, 0.6) is 0 Å². The standard InChI is InChI=1S/C14H16BrNOS/c1-10(16-9-13-3-2-8-18-13)14(17)11-4-6-12(15)7-5-11/h2-8,10,14,16-17H,9H2,1H3. The van der Waals surface area contributed by atoms with Gasteiger partial charge in [0.2, 0.25) is 0 Å². The predicted molar refractivity (Wildman–Crippen MR) is 79.7 cm³/mol. The number of halogens is 1. The Morgan fingerprint density at radius 1 is 1.28 bits per heavy atom. The van der Waals surface area contributed by atoms with Crippen molar-refractivity contribution in [2.45, 2.75) is 25.6 Å². The zero-order chi connectivity index (χ0) is 13.0. The van der Waals surface area contributed by atoms with Crippen LogP contribution >= 0.6 is 27.3 Å². The van der Waals surface area contributed by atoms with Crippen LogP contribution in [0.4, 0.5) is 0 Å². The molecule has 2 aromatic rings. The Morgan fingerprint density at radius 2 is 2.00 bits per heavy atom. The van der Waals surface area contributed by atoms with Gasteiger partial charge in [-0.05, 0) is 36.1 Å². The molecular weight excluding hydrogens is 310 g/mol. The van der Waals surface area contributed by atoms with Crippen LogP contribution in [0.25, 0.3) is 0 Å². The van der Waals surface area contributed by atoms with Gasteiger partial charge >= 0.3 is 0 Å². The topological polar surface area (TPSA) is 32.3 Å². The van der Waals surface area contributed by atoms with Crippen molar-refractivity contribution in [1.82, 2.24) is 5.32 Å². The normalized spacial score (nSPS) is 14.4. The molecule has 0 spiro atoms. The van der Waals surface area contributed by atoms with E-state index in [0.29, 0.717) is 0 Å². The van der Waals surface area contributed by atoms with Gasteiger partial charge in [-0.15, -0.1) is 11.3 Å². The molecule has 18 heavy (non-hydrogen) atoms. The van der Waals surface area contributed by atoms with E-state index in [1.165, 1.54) is 4.88 Å². The first kappa shape index (κ1) is 13.7. The predicted octanol–water partition coefficient (Wildman–Crippen LogP) is 3.72. The number of aliphatic hydroxyl groups is 1. The van der Waals surface area contributed by atoms with Gasteiger partial charge in [0.05, 0.1) is 6.10 Å². The van der Waals surface area contributed by atoms with Gasteiger partial charge in [-0.3, -0.25) is 0 Å². The summed E-state index contributed by atoms with van der Waals surface area (Å²) in [5.74, 6) is 0. The highest BCUT2D eigenvalue weighted by Gasteiger charge is 2.15. The second kappa shape index (κ2) is 6.48. The maximum atomic E-state index is 10.2. The first-order valence-electron chi connectivity index (χ1n) is 5.86. The fourth-order valence-electron chi connectivity index (χ4n) is 1.74. The van der Waals surface area contributed by atoms with Crippen LogP contribution in [0.1, 0.15) is 23.5 Å². The van der Waals surface area contributed by atoms with E-state index in [1.54, 1.807) is 11.3 Å². The molecule has 1 aromatic heterocycles. The third-order valence-electron chi connectivity index (χ3n) is 2.86. The molecule has 1 aromatic carbocycles. The summed E-state index contributed by atoms with van der Waals surface area (Å²) in [6.07, 6.45) is -0.488. The lowest BCUT2D eigenvalue weighted by Crippen LogP contribution is -2.31. The van der Waals surface area contributed by atoms with Crippen molar-refractivity contribution < 1.29 is 5.11 Å². The molecule has 2 atom stereocenters. The van der Waals surface area contributed by atoms with Crippen LogP contribution in [0.15, 0.2) is 46.3 Å². The second-order valence-electron chi connectivity index (χ2n) is 4.25. The van der Waals surface area contributed by atoms with Gasteiger partial charge < -0.3 is 10.4 Å². The van der Waals surface area contributed by atoms with E-state index in [2.05, 4.69) is 32.7 Å². The zero-order valence-electron chi connectivity index (χ0n) is 10.1. The molecule has 2 N–H and O–H groups in total. The van der Waals surface area contributed by atoms with Crippen LogP contribution in [0, 0.1) is 0 Å². The molecule has 2 rings (SSSR count). The molecule has 96 valence electrons. The van der Waals surface area contributed by atoms with E-state index in [-0.39, 0.29) is 6.04 Å². The fourth-order valence-corrected chi connectivity index (χ4v) is 2.66. The Bertz CT molecular complexity index is 469. The summed E-state index contributed by atoms with van der Waals surface area (Å²) in [7, 11) is 0. The lowest BCUT2D eigenvalue weighted by molar-refractivity contribution is 0.135. The summed E-state index contributed by atoms with van der Waals surface area (Å²) in [4.78, 5) is 1.28. The summed E-state index contributed by atoms with van der Waals surface area (Å²) >= 11 is 5.12. The van der Waals surface area contributed by atoms with Crippen LogP contribution in [0.2, 0.25) is 0 Å². The molecule has 0 aliphatic heterocycles. The van der Waals surface area contributed by atoms with Gasteiger partial charge in [0.15, 0.2) is 0 Å².